The average Bonchev–Trinajstić information content (AvgIpc) is 2.38. The summed E-state index contributed by atoms with van der Waals surface area (Å²) in [4.78, 5) is 9.16. The van der Waals surface area contributed by atoms with Crippen LogP contribution in [-0.4, -0.2) is 21.6 Å². The van der Waals surface area contributed by atoms with Gasteiger partial charge >= 0.3 is 0 Å². The van der Waals surface area contributed by atoms with Gasteiger partial charge in [0.15, 0.2) is 0 Å². The van der Waals surface area contributed by atoms with Crippen molar-refractivity contribution in [2.24, 2.45) is 5.73 Å². The van der Waals surface area contributed by atoms with Gasteiger partial charge in [0.1, 0.15) is 11.6 Å². The number of nitrogens with zero attached hydrogens (tertiary/aromatic N) is 2. The van der Waals surface area contributed by atoms with E-state index in [2.05, 4.69) is 9.97 Å². The number of benzene rings is 1. The Morgan fingerprint density at radius 2 is 1.85 bits per heavy atom. The Balaban J connectivity index is 2.21. The minimum Gasteiger partial charge on any atom is -0.508 e. The molecule has 3 N–H and O–H groups in total. The molecule has 4 nitrogen and oxygen atoms in total. The van der Waals surface area contributed by atoms with Crippen LogP contribution in [0.4, 0.5) is 0 Å². The van der Waals surface area contributed by atoms with Gasteiger partial charge in [-0.3, -0.25) is 0 Å². The molecule has 0 radical (unpaired) electrons. The molecule has 2 rings (SSSR count). The lowest BCUT2D eigenvalue weighted by Gasteiger charge is -2.10. The van der Waals surface area contributed by atoms with Gasteiger partial charge in [-0.05, 0) is 56.5 Å². The lowest BCUT2D eigenvalue weighted by atomic mass is 10.1. The van der Waals surface area contributed by atoms with Gasteiger partial charge in [-0.25, -0.2) is 9.97 Å². The molecule has 0 amide bonds. The Bertz CT molecular complexity index is 573. The molecule has 4 heteroatoms. The molecule has 1 aromatic carbocycles. The highest BCUT2D eigenvalue weighted by atomic mass is 16.3. The second kappa shape index (κ2) is 6.48. The van der Waals surface area contributed by atoms with E-state index in [0.29, 0.717) is 13.0 Å². The summed E-state index contributed by atoms with van der Waals surface area (Å²) in [5, 5.41) is 9.49. The number of phenolic OH excluding ortho intramolecular Hbond substituents is 1. The van der Waals surface area contributed by atoms with Gasteiger partial charge in [0, 0.05) is 17.8 Å². The maximum Gasteiger partial charge on any atom is 0.133 e. The van der Waals surface area contributed by atoms with Gasteiger partial charge in [0.25, 0.3) is 0 Å². The van der Waals surface area contributed by atoms with Gasteiger partial charge in [-0.2, -0.15) is 0 Å². The first kappa shape index (κ1) is 14.5. The second-order valence-corrected chi connectivity index (χ2v) is 5.03. The highest BCUT2D eigenvalue weighted by Crippen LogP contribution is 2.16. The molecule has 0 atom stereocenters. The average molecular weight is 271 g/mol. The molecule has 0 saturated heterocycles. The first-order valence-electron chi connectivity index (χ1n) is 6.91. The summed E-state index contributed by atoms with van der Waals surface area (Å²) in [6.45, 7) is 4.73. The van der Waals surface area contributed by atoms with Gasteiger partial charge in [-0.1, -0.05) is 12.1 Å². The molecule has 1 aromatic heterocycles. The van der Waals surface area contributed by atoms with Gasteiger partial charge in [-0.15, -0.1) is 0 Å². The van der Waals surface area contributed by atoms with Crippen LogP contribution in [0.1, 0.15) is 34.8 Å². The predicted octanol–water partition coefficient (Wildman–Crippen LogP) is 2.28. The van der Waals surface area contributed by atoms with Crippen molar-refractivity contribution in [3.63, 3.8) is 0 Å². The number of aromatic nitrogens is 2. The Morgan fingerprint density at radius 3 is 2.45 bits per heavy atom. The first-order valence-corrected chi connectivity index (χ1v) is 6.91. The smallest absolute Gasteiger partial charge is 0.133 e. The number of nitrogens with two attached hydrogens (primary N) is 1. The number of hydrogen-bond donors (Lipinski definition) is 2. The van der Waals surface area contributed by atoms with Crippen molar-refractivity contribution in [3.8, 4) is 5.75 Å². The van der Waals surface area contributed by atoms with Crippen molar-refractivity contribution in [1.82, 2.24) is 9.97 Å². The molecule has 2 aromatic rings. The van der Waals surface area contributed by atoms with E-state index in [1.165, 1.54) is 5.56 Å². The van der Waals surface area contributed by atoms with Gasteiger partial charge in [0.05, 0.1) is 0 Å². The van der Waals surface area contributed by atoms with E-state index in [9.17, 15) is 5.11 Å². The third-order valence-electron chi connectivity index (χ3n) is 3.37. The molecule has 0 aliphatic heterocycles. The second-order valence-electron chi connectivity index (χ2n) is 5.03. The number of phenols is 1. The third-order valence-corrected chi connectivity index (χ3v) is 3.37. The minimum absolute atomic E-state index is 0.274. The zero-order valence-electron chi connectivity index (χ0n) is 12.1. The summed E-state index contributed by atoms with van der Waals surface area (Å²) < 4.78 is 0. The Kier molecular flexibility index (Phi) is 4.69. The van der Waals surface area contributed by atoms with E-state index in [1.54, 1.807) is 12.1 Å². The molecule has 0 aliphatic carbocycles. The topological polar surface area (TPSA) is 72.0 Å². The fraction of sp³-hybridized carbons (Fsp3) is 0.375. The van der Waals surface area contributed by atoms with E-state index < -0.39 is 0 Å². The number of hydrogen-bond acceptors (Lipinski definition) is 4. The molecule has 0 bridgehead atoms. The zero-order chi connectivity index (χ0) is 14.5. The summed E-state index contributed by atoms with van der Waals surface area (Å²) in [7, 11) is 0. The van der Waals surface area contributed by atoms with Crippen LogP contribution < -0.4 is 5.73 Å². The van der Waals surface area contributed by atoms with Gasteiger partial charge in [0.2, 0.25) is 0 Å². The zero-order valence-corrected chi connectivity index (χ0v) is 12.1. The molecule has 20 heavy (non-hydrogen) atoms. The summed E-state index contributed by atoms with van der Waals surface area (Å²) in [6, 6.07) is 7.21. The normalized spacial score (nSPS) is 10.8. The van der Waals surface area contributed by atoms with Crippen LogP contribution in [0, 0.1) is 13.8 Å². The van der Waals surface area contributed by atoms with E-state index in [-0.39, 0.29) is 5.75 Å². The molecule has 106 valence electrons. The molecule has 0 fully saturated rings. The summed E-state index contributed by atoms with van der Waals surface area (Å²) in [6.07, 6.45) is 2.52. The summed E-state index contributed by atoms with van der Waals surface area (Å²) in [5.41, 5.74) is 9.83. The minimum atomic E-state index is 0.274. The van der Waals surface area contributed by atoms with Crippen molar-refractivity contribution in [3.05, 3.63) is 52.6 Å². The number of aromatic hydroxyl groups is 1. The molecular formula is C16H21N3O. The van der Waals surface area contributed by atoms with Crippen molar-refractivity contribution in [1.29, 1.82) is 0 Å². The van der Waals surface area contributed by atoms with Crippen molar-refractivity contribution < 1.29 is 5.11 Å². The van der Waals surface area contributed by atoms with Crippen LogP contribution in [0.5, 0.6) is 5.75 Å². The molecule has 1 heterocycles. The van der Waals surface area contributed by atoms with Crippen LogP contribution in [-0.2, 0) is 12.8 Å². The van der Waals surface area contributed by atoms with Crippen LogP contribution in [0.15, 0.2) is 24.3 Å². The Morgan fingerprint density at radius 1 is 1.15 bits per heavy atom. The fourth-order valence-corrected chi connectivity index (χ4v) is 2.38. The van der Waals surface area contributed by atoms with E-state index in [1.807, 2.05) is 26.0 Å². The summed E-state index contributed by atoms with van der Waals surface area (Å²) in [5.74, 6) is 1.07. The molecule has 0 unspecified atom stereocenters. The predicted molar refractivity (Wildman–Crippen MR) is 79.8 cm³/mol. The van der Waals surface area contributed by atoms with E-state index in [0.717, 1.165) is 35.6 Å². The first-order chi connectivity index (χ1) is 9.60. The van der Waals surface area contributed by atoms with E-state index in [4.69, 9.17) is 5.73 Å². The lowest BCUT2D eigenvalue weighted by Crippen LogP contribution is -2.08. The van der Waals surface area contributed by atoms with Crippen LogP contribution in [0.2, 0.25) is 0 Å². The standard InChI is InChI=1S/C16H21N3O/c1-11-15(7-4-8-17)12(2)19-16(18-11)10-13-5-3-6-14(20)9-13/h3,5-6,9,20H,4,7-8,10,17H2,1-2H3. The fourth-order valence-electron chi connectivity index (χ4n) is 2.38. The molecule has 0 aliphatic rings. The molecule has 0 saturated carbocycles. The SMILES string of the molecule is Cc1nc(Cc2cccc(O)c2)nc(C)c1CCCN. The maximum atomic E-state index is 9.49. The van der Waals surface area contributed by atoms with Crippen molar-refractivity contribution >= 4 is 0 Å². The molecular weight excluding hydrogens is 250 g/mol. The van der Waals surface area contributed by atoms with Crippen LogP contribution in [0.25, 0.3) is 0 Å². The van der Waals surface area contributed by atoms with Gasteiger partial charge < -0.3 is 10.8 Å². The van der Waals surface area contributed by atoms with Crippen LogP contribution >= 0.6 is 0 Å². The monoisotopic (exact) mass is 271 g/mol. The largest absolute Gasteiger partial charge is 0.508 e. The Labute approximate surface area is 119 Å². The highest BCUT2D eigenvalue weighted by Gasteiger charge is 2.09. The van der Waals surface area contributed by atoms with Crippen molar-refractivity contribution in [2.75, 3.05) is 6.54 Å². The quantitative estimate of drug-likeness (QED) is 0.875. The lowest BCUT2D eigenvalue weighted by molar-refractivity contribution is 0.474. The molecule has 0 spiro atoms. The summed E-state index contributed by atoms with van der Waals surface area (Å²) >= 11 is 0. The number of aryl methyl sites for hydroxylation is 2. The highest BCUT2D eigenvalue weighted by molar-refractivity contribution is 5.30. The number of rotatable bonds is 5. The Hall–Kier alpha value is -1.94. The maximum absolute atomic E-state index is 9.49. The van der Waals surface area contributed by atoms with Crippen LogP contribution in [0.3, 0.4) is 0 Å². The van der Waals surface area contributed by atoms with Crippen molar-refractivity contribution in [2.45, 2.75) is 33.1 Å². The van der Waals surface area contributed by atoms with E-state index >= 15 is 0 Å². The third kappa shape index (κ3) is 3.54.